The van der Waals surface area contributed by atoms with Crippen LogP contribution in [0.15, 0.2) is 71.6 Å². The minimum absolute atomic E-state index is 0.0676. The number of aliphatic hydroxyl groups is 1. The molecule has 0 fully saturated rings. The summed E-state index contributed by atoms with van der Waals surface area (Å²) in [6, 6.07) is 18.4. The van der Waals surface area contributed by atoms with E-state index in [0.717, 1.165) is 16.7 Å². The predicted molar refractivity (Wildman–Crippen MR) is 126 cm³/mol. The van der Waals surface area contributed by atoms with E-state index in [1.165, 1.54) is 0 Å². The topological polar surface area (TPSA) is 92.7 Å². The summed E-state index contributed by atoms with van der Waals surface area (Å²) < 4.78 is 33.9. The highest BCUT2D eigenvalue weighted by atomic mass is 32.2. The maximum absolute atomic E-state index is 13.0. The third kappa shape index (κ3) is 5.16. The Morgan fingerprint density at radius 3 is 2.58 bits per heavy atom. The number of Topliss-reactive ketones (excluding diaryl/α,β-unsaturated/α-hetero) is 1. The molecule has 33 heavy (non-hydrogen) atoms. The zero-order valence-electron chi connectivity index (χ0n) is 18.6. The fourth-order valence-electron chi connectivity index (χ4n) is 4.13. The number of methoxy groups -OCH3 is 1. The fourth-order valence-corrected chi connectivity index (χ4v) is 5.38. The predicted octanol–water partition coefficient (Wildman–Crippen LogP) is 3.76. The number of hydrogen-bond acceptors (Lipinski definition) is 5. The van der Waals surface area contributed by atoms with Crippen LogP contribution in [0.1, 0.15) is 45.1 Å². The molecule has 3 aromatic rings. The highest BCUT2D eigenvalue weighted by molar-refractivity contribution is 7.89. The van der Waals surface area contributed by atoms with Gasteiger partial charge in [-0.2, -0.15) is 0 Å². The Kier molecular flexibility index (Phi) is 6.65. The summed E-state index contributed by atoms with van der Waals surface area (Å²) in [5.74, 6) is 0.544. The molecule has 0 spiro atoms. The van der Waals surface area contributed by atoms with Crippen molar-refractivity contribution in [2.75, 3.05) is 7.11 Å². The van der Waals surface area contributed by atoms with Crippen LogP contribution < -0.4 is 9.46 Å². The molecule has 0 saturated heterocycles. The van der Waals surface area contributed by atoms with Crippen molar-refractivity contribution in [1.29, 1.82) is 0 Å². The number of benzene rings is 3. The van der Waals surface area contributed by atoms with E-state index in [2.05, 4.69) is 4.72 Å². The van der Waals surface area contributed by atoms with Crippen molar-refractivity contribution in [2.24, 2.45) is 0 Å². The van der Waals surface area contributed by atoms with Crippen molar-refractivity contribution in [3.63, 3.8) is 0 Å². The van der Waals surface area contributed by atoms with E-state index in [1.807, 2.05) is 25.1 Å². The first-order valence-corrected chi connectivity index (χ1v) is 12.3. The molecule has 0 aromatic heterocycles. The Bertz CT molecular complexity index is 1270. The van der Waals surface area contributed by atoms with E-state index in [1.54, 1.807) is 55.6 Å². The van der Waals surface area contributed by atoms with E-state index in [-0.39, 0.29) is 17.1 Å². The van der Waals surface area contributed by atoms with E-state index < -0.39 is 22.2 Å². The number of sulfonamides is 1. The first kappa shape index (κ1) is 23.2. The number of carbonyl (C=O) groups is 1. The largest absolute Gasteiger partial charge is 0.497 e. The molecule has 0 unspecified atom stereocenters. The average molecular weight is 466 g/mol. The van der Waals surface area contributed by atoms with Gasteiger partial charge in [0.15, 0.2) is 5.78 Å². The van der Waals surface area contributed by atoms with E-state index in [9.17, 15) is 18.3 Å². The number of ketones is 1. The Morgan fingerprint density at radius 1 is 1.09 bits per heavy atom. The van der Waals surface area contributed by atoms with Gasteiger partial charge in [0.25, 0.3) is 0 Å². The first-order chi connectivity index (χ1) is 15.8. The molecule has 2 N–H and O–H groups in total. The Balaban J connectivity index is 1.60. The van der Waals surface area contributed by atoms with Gasteiger partial charge in [-0.05, 0) is 60.7 Å². The van der Waals surface area contributed by atoms with Gasteiger partial charge in [0.1, 0.15) is 5.75 Å². The summed E-state index contributed by atoms with van der Waals surface area (Å²) in [5.41, 5.74) is 3.94. The summed E-state index contributed by atoms with van der Waals surface area (Å²) in [7, 11) is -2.28. The molecule has 1 aliphatic carbocycles. The molecule has 4 rings (SSSR count). The van der Waals surface area contributed by atoms with Crippen molar-refractivity contribution < 1.29 is 23.1 Å². The lowest BCUT2D eigenvalue weighted by Crippen LogP contribution is -2.39. The molecular formula is C26H27NO5S. The SMILES string of the molecule is COc1cccc(C(=O)Cc2ccc3c(c2)[C@@H](NS(=O)(=O)c2ccc(C)cc2)[C@H](O)CC3)c1. The second-order valence-corrected chi connectivity index (χ2v) is 10.1. The summed E-state index contributed by atoms with van der Waals surface area (Å²) in [6.07, 6.45) is 0.398. The summed E-state index contributed by atoms with van der Waals surface area (Å²) >= 11 is 0. The molecule has 1 aliphatic rings. The lowest BCUT2D eigenvalue weighted by molar-refractivity contribution is 0.0992. The van der Waals surface area contributed by atoms with Crippen LogP contribution in [0.3, 0.4) is 0 Å². The summed E-state index contributed by atoms with van der Waals surface area (Å²) in [6.45, 7) is 1.89. The van der Waals surface area contributed by atoms with Gasteiger partial charge < -0.3 is 9.84 Å². The van der Waals surface area contributed by atoms with E-state index >= 15 is 0 Å². The summed E-state index contributed by atoms with van der Waals surface area (Å²) in [5, 5.41) is 10.7. The van der Waals surface area contributed by atoms with Crippen molar-refractivity contribution in [3.05, 3.63) is 94.5 Å². The van der Waals surface area contributed by atoms with Crippen molar-refractivity contribution in [2.45, 2.75) is 43.2 Å². The molecule has 0 saturated carbocycles. The smallest absolute Gasteiger partial charge is 0.241 e. The molecule has 3 aromatic carbocycles. The molecule has 7 heteroatoms. The molecule has 172 valence electrons. The minimum atomic E-state index is -3.83. The molecule has 2 atom stereocenters. The van der Waals surface area contributed by atoms with Crippen LogP contribution in [0.25, 0.3) is 0 Å². The van der Waals surface area contributed by atoms with Crippen molar-refractivity contribution in [1.82, 2.24) is 4.72 Å². The van der Waals surface area contributed by atoms with E-state index in [4.69, 9.17) is 4.74 Å². The van der Waals surface area contributed by atoms with Gasteiger partial charge in [0.05, 0.1) is 24.2 Å². The number of carbonyl (C=O) groups excluding carboxylic acids is 1. The van der Waals surface area contributed by atoms with Gasteiger partial charge in [-0.15, -0.1) is 0 Å². The Labute approximate surface area is 194 Å². The zero-order chi connectivity index (χ0) is 23.6. The first-order valence-electron chi connectivity index (χ1n) is 10.8. The van der Waals surface area contributed by atoms with Crippen LogP contribution in [0.5, 0.6) is 5.75 Å². The third-order valence-corrected chi connectivity index (χ3v) is 7.47. The van der Waals surface area contributed by atoms with Gasteiger partial charge in [-0.3, -0.25) is 4.79 Å². The number of aryl methyl sites for hydroxylation is 2. The second-order valence-electron chi connectivity index (χ2n) is 8.38. The van der Waals surface area contributed by atoms with Crippen LogP contribution in [0, 0.1) is 6.92 Å². The molecule has 0 bridgehead atoms. The molecule has 0 heterocycles. The van der Waals surface area contributed by atoms with Gasteiger partial charge in [0, 0.05) is 12.0 Å². The number of fused-ring (bicyclic) bond motifs is 1. The quantitative estimate of drug-likeness (QED) is 0.519. The highest BCUT2D eigenvalue weighted by Gasteiger charge is 2.32. The second kappa shape index (κ2) is 9.47. The minimum Gasteiger partial charge on any atom is -0.497 e. The number of hydrogen-bond donors (Lipinski definition) is 2. The molecule has 6 nitrogen and oxygen atoms in total. The molecule has 0 aliphatic heterocycles. The lowest BCUT2D eigenvalue weighted by atomic mass is 9.84. The van der Waals surface area contributed by atoms with Gasteiger partial charge >= 0.3 is 0 Å². The number of rotatable bonds is 7. The Morgan fingerprint density at radius 2 is 1.85 bits per heavy atom. The molecular weight excluding hydrogens is 438 g/mol. The van der Waals surface area contributed by atoms with Crippen LogP contribution in [0.4, 0.5) is 0 Å². The van der Waals surface area contributed by atoms with E-state index in [0.29, 0.717) is 29.7 Å². The number of ether oxygens (including phenoxy) is 1. The van der Waals surface area contributed by atoms with Crippen LogP contribution in [-0.4, -0.2) is 32.5 Å². The highest BCUT2D eigenvalue weighted by Crippen LogP contribution is 2.32. The molecule has 0 amide bonds. The van der Waals surface area contributed by atoms with Crippen LogP contribution >= 0.6 is 0 Å². The maximum Gasteiger partial charge on any atom is 0.241 e. The van der Waals surface area contributed by atoms with Gasteiger partial charge in [0.2, 0.25) is 10.0 Å². The zero-order valence-corrected chi connectivity index (χ0v) is 19.4. The number of nitrogens with one attached hydrogen (secondary N) is 1. The fraction of sp³-hybridized carbons (Fsp3) is 0.269. The van der Waals surface area contributed by atoms with Gasteiger partial charge in [-0.25, -0.2) is 13.1 Å². The van der Waals surface area contributed by atoms with Crippen LogP contribution in [-0.2, 0) is 22.9 Å². The molecule has 0 radical (unpaired) electrons. The Hall–Kier alpha value is -3.00. The van der Waals surface area contributed by atoms with Gasteiger partial charge in [-0.1, -0.05) is 48.0 Å². The van der Waals surface area contributed by atoms with Crippen molar-refractivity contribution >= 4 is 15.8 Å². The standard InChI is InChI=1S/C26H27NO5S/c1-17-6-11-22(12-7-17)33(30,31)27-26-23-14-18(8-9-19(23)10-13-24(26)28)15-25(29)20-4-3-5-21(16-20)32-2/h3-9,11-12,14,16,24,26-28H,10,13,15H2,1-2H3/t24-,26-/m1/s1. The summed E-state index contributed by atoms with van der Waals surface area (Å²) in [4.78, 5) is 13.0. The normalized spacial score (nSPS) is 17.9. The average Bonchev–Trinajstić information content (AvgIpc) is 2.81. The van der Waals surface area contributed by atoms with Crippen molar-refractivity contribution in [3.8, 4) is 5.75 Å². The lowest BCUT2D eigenvalue weighted by Gasteiger charge is -2.31. The van der Waals surface area contributed by atoms with Crippen LogP contribution in [0.2, 0.25) is 0 Å². The monoisotopic (exact) mass is 465 g/mol. The maximum atomic E-state index is 13.0. The third-order valence-electron chi connectivity index (χ3n) is 6.01. The number of aliphatic hydroxyl groups excluding tert-OH is 1.